The zero-order chi connectivity index (χ0) is 23.2. The van der Waals surface area contributed by atoms with Gasteiger partial charge in [-0.25, -0.2) is 9.78 Å². The molecule has 0 unspecified atom stereocenters. The number of ketones is 1. The van der Waals surface area contributed by atoms with Crippen molar-refractivity contribution >= 4 is 28.7 Å². The molecule has 0 spiro atoms. The lowest BCUT2D eigenvalue weighted by molar-refractivity contribution is 0.0697. The molecule has 3 aromatic carbocycles. The van der Waals surface area contributed by atoms with E-state index in [0.717, 1.165) is 22.2 Å². The minimum absolute atomic E-state index is 0.0187. The highest BCUT2D eigenvalue weighted by Crippen LogP contribution is 2.22. The molecule has 0 aliphatic rings. The summed E-state index contributed by atoms with van der Waals surface area (Å²) in [7, 11) is 1.43. The average Bonchev–Trinajstić information content (AvgIpc) is 2.85. The van der Waals surface area contributed by atoms with E-state index in [1.165, 1.54) is 31.4 Å². The first-order valence-corrected chi connectivity index (χ1v) is 10.2. The molecule has 1 N–H and O–H groups in total. The summed E-state index contributed by atoms with van der Waals surface area (Å²) < 4.78 is 11.1. The van der Waals surface area contributed by atoms with Gasteiger partial charge in [0.2, 0.25) is 0 Å². The molecule has 0 saturated heterocycles. The highest BCUT2D eigenvalue weighted by molar-refractivity contribution is 6.09. The Morgan fingerprint density at radius 1 is 0.970 bits per heavy atom. The summed E-state index contributed by atoms with van der Waals surface area (Å²) in [6.45, 7) is 0.316. The summed E-state index contributed by atoms with van der Waals surface area (Å²) in [4.78, 5) is 28.5. The van der Waals surface area contributed by atoms with Crippen molar-refractivity contribution in [2.45, 2.75) is 6.61 Å². The third-order valence-electron chi connectivity index (χ3n) is 5.04. The molecule has 0 saturated carbocycles. The van der Waals surface area contributed by atoms with Gasteiger partial charge in [0.1, 0.15) is 18.1 Å². The molecule has 4 aromatic rings. The van der Waals surface area contributed by atoms with Gasteiger partial charge in [-0.2, -0.15) is 0 Å². The monoisotopic (exact) mass is 439 g/mol. The molecule has 1 heterocycles. The number of carboxylic acid groups (broad SMARTS) is 1. The molecule has 6 heteroatoms. The summed E-state index contributed by atoms with van der Waals surface area (Å²) in [6, 6.07) is 23.3. The Morgan fingerprint density at radius 3 is 2.64 bits per heavy atom. The van der Waals surface area contributed by atoms with Crippen LogP contribution in [0.2, 0.25) is 0 Å². The van der Waals surface area contributed by atoms with Crippen LogP contribution in [0.1, 0.15) is 32.0 Å². The van der Waals surface area contributed by atoms with Crippen molar-refractivity contribution in [1.82, 2.24) is 4.98 Å². The Morgan fingerprint density at radius 2 is 1.82 bits per heavy atom. The van der Waals surface area contributed by atoms with E-state index in [0.29, 0.717) is 18.1 Å². The van der Waals surface area contributed by atoms with E-state index in [9.17, 15) is 14.7 Å². The van der Waals surface area contributed by atoms with Crippen LogP contribution in [0.3, 0.4) is 0 Å². The standard InChI is InChI=1S/C27H21NO5/c1-32-26-14-11-20(27(30)31)16-23(26)25(29)13-9-18-5-4-7-22(15-18)33-17-21-12-10-19-6-2-3-8-24(19)28-21/h2-16H,17H2,1H3,(H,30,31)/b13-9+. The van der Waals surface area contributed by atoms with Gasteiger partial charge < -0.3 is 14.6 Å². The van der Waals surface area contributed by atoms with E-state index in [1.807, 2.05) is 60.7 Å². The second-order valence-electron chi connectivity index (χ2n) is 7.27. The minimum Gasteiger partial charge on any atom is -0.496 e. The van der Waals surface area contributed by atoms with Crippen molar-refractivity contribution in [3.05, 3.63) is 107 Å². The molecule has 1 aromatic heterocycles. The first kappa shape index (κ1) is 21.8. The Hall–Kier alpha value is -4.45. The van der Waals surface area contributed by atoms with Crippen LogP contribution in [-0.4, -0.2) is 29.0 Å². The number of pyridine rings is 1. The number of hydrogen-bond acceptors (Lipinski definition) is 5. The van der Waals surface area contributed by atoms with E-state index < -0.39 is 5.97 Å². The number of ether oxygens (including phenoxy) is 2. The molecular formula is C27H21NO5. The zero-order valence-corrected chi connectivity index (χ0v) is 17.9. The molecule has 0 aliphatic carbocycles. The fraction of sp³-hybridized carbons (Fsp3) is 0.0741. The molecule has 0 aliphatic heterocycles. The number of methoxy groups -OCH3 is 1. The fourth-order valence-corrected chi connectivity index (χ4v) is 3.35. The Bertz CT molecular complexity index is 1360. The zero-order valence-electron chi connectivity index (χ0n) is 17.9. The number of carboxylic acids is 1. The maximum absolute atomic E-state index is 12.7. The normalized spacial score (nSPS) is 10.9. The number of rotatable bonds is 8. The lowest BCUT2D eigenvalue weighted by atomic mass is 10.0. The van der Waals surface area contributed by atoms with E-state index in [2.05, 4.69) is 4.98 Å². The van der Waals surface area contributed by atoms with Gasteiger partial charge in [-0.3, -0.25) is 4.79 Å². The number of carbonyl (C=O) groups is 2. The van der Waals surface area contributed by atoms with E-state index in [-0.39, 0.29) is 16.9 Å². The second-order valence-corrected chi connectivity index (χ2v) is 7.27. The Balaban J connectivity index is 1.47. The van der Waals surface area contributed by atoms with Crippen LogP contribution >= 0.6 is 0 Å². The first-order valence-electron chi connectivity index (χ1n) is 10.2. The van der Waals surface area contributed by atoms with Crippen LogP contribution in [0.15, 0.2) is 84.9 Å². The molecule has 6 nitrogen and oxygen atoms in total. The van der Waals surface area contributed by atoms with Crippen molar-refractivity contribution in [3.8, 4) is 11.5 Å². The molecule has 33 heavy (non-hydrogen) atoms. The molecule has 164 valence electrons. The Labute approximate surface area is 190 Å². The van der Waals surface area contributed by atoms with Crippen molar-refractivity contribution in [1.29, 1.82) is 0 Å². The van der Waals surface area contributed by atoms with Crippen LogP contribution in [-0.2, 0) is 6.61 Å². The first-order chi connectivity index (χ1) is 16.0. The molecule has 0 radical (unpaired) electrons. The van der Waals surface area contributed by atoms with Crippen molar-refractivity contribution in [3.63, 3.8) is 0 Å². The number of allylic oxidation sites excluding steroid dienone is 1. The van der Waals surface area contributed by atoms with Crippen LogP contribution in [0, 0.1) is 0 Å². The SMILES string of the molecule is COc1ccc(C(=O)O)cc1C(=O)/C=C/c1cccc(OCc2ccc3ccccc3n2)c1. The lowest BCUT2D eigenvalue weighted by Gasteiger charge is -2.08. The summed E-state index contributed by atoms with van der Waals surface area (Å²) >= 11 is 0. The summed E-state index contributed by atoms with van der Waals surface area (Å²) in [5.41, 5.74) is 2.70. The summed E-state index contributed by atoms with van der Waals surface area (Å²) in [5.74, 6) is -0.511. The molecule has 0 amide bonds. The number of para-hydroxylation sites is 1. The fourth-order valence-electron chi connectivity index (χ4n) is 3.35. The topological polar surface area (TPSA) is 85.7 Å². The summed E-state index contributed by atoms with van der Waals surface area (Å²) in [6.07, 6.45) is 3.03. The van der Waals surface area contributed by atoms with Crippen LogP contribution < -0.4 is 9.47 Å². The van der Waals surface area contributed by atoms with Crippen LogP contribution in [0.5, 0.6) is 11.5 Å². The largest absolute Gasteiger partial charge is 0.496 e. The number of aromatic carboxylic acids is 1. The highest BCUT2D eigenvalue weighted by Gasteiger charge is 2.13. The van der Waals surface area contributed by atoms with Gasteiger partial charge in [0.05, 0.1) is 29.4 Å². The van der Waals surface area contributed by atoms with E-state index in [1.54, 1.807) is 6.08 Å². The second kappa shape index (κ2) is 9.78. The van der Waals surface area contributed by atoms with Gasteiger partial charge >= 0.3 is 5.97 Å². The van der Waals surface area contributed by atoms with Crippen molar-refractivity contribution in [2.75, 3.05) is 7.11 Å². The molecule has 0 fully saturated rings. The molecule has 4 rings (SSSR count). The number of fused-ring (bicyclic) bond motifs is 1. The summed E-state index contributed by atoms with van der Waals surface area (Å²) in [5, 5.41) is 10.3. The van der Waals surface area contributed by atoms with Gasteiger partial charge in [0.25, 0.3) is 0 Å². The van der Waals surface area contributed by atoms with Gasteiger partial charge in [0, 0.05) is 5.39 Å². The van der Waals surface area contributed by atoms with Gasteiger partial charge in [0.15, 0.2) is 5.78 Å². The number of hydrogen-bond donors (Lipinski definition) is 1. The Kier molecular flexibility index (Phi) is 6.45. The predicted octanol–water partition coefficient (Wildman–Crippen LogP) is 5.42. The van der Waals surface area contributed by atoms with E-state index >= 15 is 0 Å². The number of carbonyl (C=O) groups excluding carboxylic acids is 1. The maximum atomic E-state index is 12.7. The molecule has 0 atom stereocenters. The average molecular weight is 439 g/mol. The quantitative estimate of drug-likeness (QED) is 0.292. The van der Waals surface area contributed by atoms with Gasteiger partial charge in [-0.1, -0.05) is 42.5 Å². The van der Waals surface area contributed by atoms with Crippen molar-refractivity contribution in [2.24, 2.45) is 0 Å². The third kappa shape index (κ3) is 5.25. The third-order valence-corrected chi connectivity index (χ3v) is 5.04. The number of nitrogens with zero attached hydrogens (tertiary/aromatic N) is 1. The minimum atomic E-state index is -1.11. The molecule has 0 bridgehead atoms. The number of benzene rings is 3. The van der Waals surface area contributed by atoms with Gasteiger partial charge in [-0.15, -0.1) is 0 Å². The number of aromatic nitrogens is 1. The molecular weight excluding hydrogens is 418 g/mol. The van der Waals surface area contributed by atoms with E-state index in [4.69, 9.17) is 9.47 Å². The lowest BCUT2D eigenvalue weighted by Crippen LogP contribution is -2.03. The van der Waals surface area contributed by atoms with Gasteiger partial charge in [-0.05, 0) is 54.1 Å². The smallest absolute Gasteiger partial charge is 0.335 e. The van der Waals surface area contributed by atoms with Crippen LogP contribution in [0.4, 0.5) is 0 Å². The predicted molar refractivity (Wildman–Crippen MR) is 126 cm³/mol. The van der Waals surface area contributed by atoms with Crippen LogP contribution in [0.25, 0.3) is 17.0 Å². The van der Waals surface area contributed by atoms with Crippen molar-refractivity contribution < 1.29 is 24.2 Å². The maximum Gasteiger partial charge on any atom is 0.335 e. The highest BCUT2D eigenvalue weighted by atomic mass is 16.5.